The molecule has 0 amide bonds. The van der Waals surface area contributed by atoms with Gasteiger partial charge in [0.1, 0.15) is 0 Å². The first-order valence-corrected chi connectivity index (χ1v) is 10.8. The van der Waals surface area contributed by atoms with Gasteiger partial charge in [0.2, 0.25) is 10.0 Å². The number of rotatable bonds is 8. The quantitative estimate of drug-likeness (QED) is 0.560. The Hall–Kier alpha value is -2.47. The Morgan fingerprint density at radius 2 is 1.71 bits per heavy atom. The Balaban J connectivity index is 1.81. The number of benzene rings is 3. The molecule has 0 radical (unpaired) electrons. The molecule has 0 saturated carbocycles. The minimum absolute atomic E-state index is 0.159. The van der Waals surface area contributed by atoms with E-state index in [0.717, 1.165) is 21.9 Å². The van der Waals surface area contributed by atoms with Crippen molar-refractivity contribution in [3.05, 3.63) is 90.0 Å². The molecule has 28 heavy (non-hydrogen) atoms. The molecule has 5 heteroatoms. The monoisotopic (exact) mass is 395 g/mol. The molecule has 3 aromatic carbocycles. The van der Waals surface area contributed by atoms with Crippen molar-refractivity contribution in [3.8, 4) is 0 Å². The fraction of sp³-hybridized carbons (Fsp3) is 0.217. The molecule has 4 nitrogen and oxygen atoms in total. The number of ether oxygens (including phenoxy) is 1. The summed E-state index contributed by atoms with van der Waals surface area (Å²) in [7, 11) is -3.60. The van der Waals surface area contributed by atoms with Crippen LogP contribution in [-0.2, 0) is 14.8 Å². The van der Waals surface area contributed by atoms with Crippen LogP contribution in [0.2, 0.25) is 0 Å². The largest absolute Gasteiger partial charge is 0.368 e. The lowest BCUT2D eigenvalue weighted by Crippen LogP contribution is -2.29. The molecule has 0 saturated heterocycles. The van der Waals surface area contributed by atoms with Gasteiger partial charge in [-0.2, -0.15) is 0 Å². The van der Waals surface area contributed by atoms with Crippen molar-refractivity contribution >= 4 is 20.8 Å². The van der Waals surface area contributed by atoms with E-state index in [1.807, 2.05) is 56.3 Å². The molecule has 0 fully saturated rings. The van der Waals surface area contributed by atoms with E-state index >= 15 is 0 Å². The van der Waals surface area contributed by atoms with Crippen molar-refractivity contribution in [2.24, 2.45) is 0 Å². The first-order valence-electron chi connectivity index (χ1n) is 9.27. The van der Waals surface area contributed by atoms with Crippen molar-refractivity contribution in [1.29, 1.82) is 0 Å². The van der Waals surface area contributed by atoms with Crippen LogP contribution >= 0.6 is 0 Å². The van der Waals surface area contributed by atoms with E-state index in [1.165, 1.54) is 0 Å². The molecule has 1 atom stereocenters. The van der Waals surface area contributed by atoms with Crippen molar-refractivity contribution in [3.63, 3.8) is 0 Å². The van der Waals surface area contributed by atoms with Gasteiger partial charge in [0.15, 0.2) is 0 Å². The summed E-state index contributed by atoms with van der Waals surface area (Å²) >= 11 is 0. The van der Waals surface area contributed by atoms with E-state index < -0.39 is 10.0 Å². The van der Waals surface area contributed by atoms with Crippen LogP contribution < -0.4 is 4.72 Å². The van der Waals surface area contributed by atoms with E-state index in [0.29, 0.717) is 6.61 Å². The van der Waals surface area contributed by atoms with Crippen LogP contribution in [0.15, 0.2) is 83.8 Å². The predicted octanol–water partition coefficient (Wildman–Crippen LogP) is 4.76. The van der Waals surface area contributed by atoms with Gasteiger partial charge in [0.05, 0.1) is 17.6 Å². The van der Waals surface area contributed by atoms with Crippen LogP contribution in [0.5, 0.6) is 0 Å². The molecule has 0 aliphatic rings. The molecule has 3 aromatic rings. The van der Waals surface area contributed by atoms with Crippen LogP contribution in [-0.4, -0.2) is 21.6 Å². The maximum absolute atomic E-state index is 12.6. The Labute approximate surface area is 166 Å². The second kappa shape index (κ2) is 9.15. The highest BCUT2D eigenvalue weighted by molar-refractivity contribution is 7.89. The maximum Gasteiger partial charge on any atom is 0.240 e. The summed E-state index contributed by atoms with van der Waals surface area (Å²) in [6, 6.07) is 21.0. The van der Waals surface area contributed by atoms with Gasteiger partial charge in [0, 0.05) is 6.54 Å². The van der Waals surface area contributed by atoms with E-state index in [2.05, 4.69) is 16.9 Å². The third kappa shape index (κ3) is 5.07. The molecule has 0 aromatic heterocycles. The van der Waals surface area contributed by atoms with Gasteiger partial charge in [0.25, 0.3) is 0 Å². The highest BCUT2D eigenvalue weighted by atomic mass is 32.2. The molecule has 3 rings (SSSR count). The summed E-state index contributed by atoms with van der Waals surface area (Å²) in [5.74, 6) is 0. The fourth-order valence-corrected chi connectivity index (χ4v) is 3.97. The van der Waals surface area contributed by atoms with Crippen molar-refractivity contribution in [2.45, 2.75) is 24.8 Å². The smallest absolute Gasteiger partial charge is 0.240 e. The van der Waals surface area contributed by atoms with Gasteiger partial charge in [-0.3, -0.25) is 0 Å². The number of nitrogens with one attached hydrogen (secondary N) is 1. The van der Waals surface area contributed by atoms with E-state index in [9.17, 15) is 8.42 Å². The first kappa shape index (κ1) is 20.3. The fourth-order valence-electron chi connectivity index (χ4n) is 2.94. The lowest BCUT2D eigenvalue weighted by molar-refractivity contribution is 0.0779. The molecule has 0 spiro atoms. The number of fused-ring (bicyclic) bond motifs is 1. The SMILES string of the molecule is C/C=C/COC(CNS(=O)(=O)c1ccc(C)cc1)c1ccc2ccccc2c1. The summed E-state index contributed by atoms with van der Waals surface area (Å²) in [4.78, 5) is 0.254. The average Bonchev–Trinajstić information content (AvgIpc) is 2.70. The van der Waals surface area contributed by atoms with E-state index in [1.54, 1.807) is 24.3 Å². The zero-order chi connectivity index (χ0) is 20.0. The lowest BCUT2D eigenvalue weighted by Gasteiger charge is -2.19. The Morgan fingerprint density at radius 1 is 1.00 bits per heavy atom. The van der Waals surface area contributed by atoms with Crippen LogP contribution in [0.1, 0.15) is 24.2 Å². The van der Waals surface area contributed by atoms with E-state index in [-0.39, 0.29) is 17.5 Å². The zero-order valence-corrected chi connectivity index (χ0v) is 16.9. The Morgan fingerprint density at radius 3 is 2.43 bits per heavy atom. The second-order valence-electron chi connectivity index (χ2n) is 6.66. The molecule has 0 bridgehead atoms. The minimum atomic E-state index is -3.60. The van der Waals surface area contributed by atoms with E-state index in [4.69, 9.17) is 4.74 Å². The predicted molar refractivity (Wildman–Crippen MR) is 114 cm³/mol. The molecule has 1 unspecified atom stereocenters. The van der Waals surface area contributed by atoms with Gasteiger partial charge in [-0.1, -0.05) is 66.2 Å². The third-order valence-corrected chi connectivity index (χ3v) is 6.00. The first-order chi connectivity index (χ1) is 13.5. The highest BCUT2D eigenvalue weighted by Gasteiger charge is 2.19. The van der Waals surface area contributed by atoms with Gasteiger partial charge in [-0.15, -0.1) is 0 Å². The normalized spacial score (nSPS) is 13.2. The lowest BCUT2D eigenvalue weighted by atomic mass is 10.0. The maximum atomic E-state index is 12.6. The van der Waals surface area contributed by atoms with Gasteiger partial charge < -0.3 is 4.74 Å². The summed E-state index contributed by atoms with van der Waals surface area (Å²) < 4.78 is 33.9. The number of allylic oxidation sites excluding steroid dienone is 1. The molecular weight excluding hydrogens is 370 g/mol. The molecule has 0 heterocycles. The summed E-state index contributed by atoms with van der Waals surface area (Å²) in [6.45, 7) is 4.43. The van der Waals surface area contributed by atoms with Crippen LogP contribution in [0.3, 0.4) is 0 Å². The minimum Gasteiger partial charge on any atom is -0.368 e. The average molecular weight is 396 g/mol. The van der Waals surface area contributed by atoms with Gasteiger partial charge in [-0.25, -0.2) is 13.1 Å². The van der Waals surface area contributed by atoms with Crippen LogP contribution in [0.4, 0.5) is 0 Å². The van der Waals surface area contributed by atoms with Crippen molar-refractivity contribution < 1.29 is 13.2 Å². The number of aryl methyl sites for hydroxylation is 1. The second-order valence-corrected chi connectivity index (χ2v) is 8.43. The molecule has 1 N–H and O–H groups in total. The molecular formula is C23H25NO3S. The molecule has 0 aliphatic heterocycles. The highest BCUT2D eigenvalue weighted by Crippen LogP contribution is 2.23. The Kier molecular flexibility index (Phi) is 6.62. The third-order valence-electron chi connectivity index (χ3n) is 4.56. The van der Waals surface area contributed by atoms with Crippen molar-refractivity contribution in [1.82, 2.24) is 4.72 Å². The van der Waals surface area contributed by atoms with Crippen LogP contribution in [0.25, 0.3) is 10.8 Å². The number of sulfonamides is 1. The number of hydrogen-bond acceptors (Lipinski definition) is 3. The molecule has 0 aliphatic carbocycles. The standard InChI is InChI=1S/C23H25NO3S/c1-3-4-15-27-23(21-12-11-19-7-5-6-8-20(19)16-21)17-24-28(25,26)22-13-9-18(2)10-14-22/h3-14,16,23-24H,15,17H2,1-2H3/b4-3+. The topological polar surface area (TPSA) is 55.4 Å². The van der Waals surface area contributed by atoms with Crippen LogP contribution in [0, 0.1) is 6.92 Å². The summed E-state index contributed by atoms with van der Waals surface area (Å²) in [5.41, 5.74) is 1.96. The zero-order valence-electron chi connectivity index (χ0n) is 16.1. The summed E-state index contributed by atoms with van der Waals surface area (Å²) in [5, 5.41) is 2.24. The summed E-state index contributed by atoms with van der Waals surface area (Å²) in [6.07, 6.45) is 3.43. The molecule has 146 valence electrons. The number of hydrogen-bond donors (Lipinski definition) is 1. The van der Waals surface area contributed by atoms with Gasteiger partial charge in [-0.05, 0) is 48.4 Å². The van der Waals surface area contributed by atoms with Gasteiger partial charge >= 0.3 is 0 Å². The van der Waals surface area contributed by atoms with Crippen molar-refractivity contribution in [2.75, 3.05) is 13.2 Å². The Bertz CT molecular complexity index is 1060.